The number of halogens is 3. The van der Waals surface area contributed by atoms with Gasteiger partial charge in [0, 0.05) is 30.2 Å². The molecule has 0 radical (unpaired) electrons. The first-order chi connectivity index (χ1) is 8.49. The second kappa shape index (κ2) is 6.80. The van der Waals surface area contributed by atoms with Crippen molar-refractivity contribution in [3.63, 3.8) is 0 Å². The standard InChI is InChI=1S/C13H16Cl2N2O.ClH/c1-8-7-17(9(2)6-16-8)13(18)11-4-3-10(14)5-12(11)15;/h3-5,8-9,16H,6-7H2,1-2H3;1H. The van der Waals surface area contributed by atoms with Crippen molar-refractivity contribution in [1.82, 2.24) is 10.2 Å². The van der Waals surface area contributed by atoms with E-state index in [1.807, 2.05) is 11.8 Å². The van der Waals surface area contributed by atoms with E-state index in [9.17, 15) is 4.79 Å². The van der Waals surface area contributed by atoms with Crippen LogP contribution in [0.5, 0.6) is 0 Å². The summed E-state index contributed by atoms with van der Waals surface area (Å²) in [4.78, 5) is 14.3. The van der Waals surface area contributed by atoms with E-state index in [4.69, 9.17) is 23.2 Å². The SMILES string of the molecule is CC1CN(C(=O)c2ccc(Cl)cc2Cl)C(C)CN1.Cl. The number of nitrogens with zero attached hydrogens (tertiary/aromatic N) is 1. The average molecular weight is 324 g/mol. The van der Waals surface area contributed by atoms with Crippen LogP contribution in [0, 0.1) is 0 Å². The minimum absolute atomic E-state index is 0. The van der Waals surface area contributed by atoms with Gasteiger partial charge in [0.2, 0.25) is 0 Å². The highest BCUT2D eigenvalue weighted by molar-refractivity contribution is 6.36. The first kappa shape index (κ1) is 16.6. The molecule has 0 saturated carbocycles. The summed E-state index contributed by atoms with van der Waals surface area (Å²) in [6, 6.07) is 5.45. The molecule has 2 unspecified atom stereocenters. The molecule has 1 aliphatic heterocycles. The van der Waals surface area contributed by atoms with Crippen molar-refractivity contribution in [2.45, 2.75) is 25.9 Å². The van der Waals surface area contributed by atoms with E-state index in [0.29, 0.717) is 28.2 Å². The molecule has 1 aliphatic rings. The normalized spacial score (nSPS) is 22.8. The van der Waals surface area contributed by atoms with Crippen LogP contribution in [0.1, 0.15) is 24.2 Å². The molecule has 0 spiro atoms. The number of hydrogen-bond acceptors (Lipinski definition) is 2. The quantitative estimate of drug-likeness (QED) is 0.860. The highest BCUT2D eigenvalue weighted by atomic mass is 35.5. The molecule has 1 saturated heterocycles. The second-order valence-electron chi connectivity index (χ2n) is 4.74. The van der Waals surface area contributed by atoms with Crippen LogP contribution in [0.4, 0.5) is 0 Å². The summed E-state index contributed by atoms with van der Waals surface area (Å²) < 4.78 is 0. The molecule has 1 aromatic rings. The fraction of sp³-hybridized carbons (Fsp3) is 0.462. The van der Waals surface area contributed by atoms with E-state index in [2.05, 4.69) is 12.2 Å². The van der Waals surface area contributed by atoms with Crippen molar-refractivity contribution in [3.8, 4) is 0 Å². The molecule has 1 fully saturated rings. The molecule has 1 amide bonds. The lowest BCUT2D eigenvalue weighted by atomic mass is 10.1. The largest absolute Gasteiger partial charge is 0.333 e. The number of rotatable bonds is 1. The van der Waals surface area contributed by atoms with Crippen LogP contribution in [0.3, 0.4) is 0 Å². The summed E-state index contributed by atoms with van der Waals surface area (Å²) in [5.74, 6) is -0.0301. The average Bonchev–Trinajstić information content (AvgIpc) is 2.31. The van der Waals surface area contributed by atoms with Crippen molar-refractivity contribution in [3.05, 3.63) is 33.8 Å². The van der Waals surface area contributed by atoms with Gasteiger partial charge in [0.25, 0.3) is 5.91 Å². The van der Waals surface area contributed by atoms with Crippen molar-refractivity contribution < 1.29 is 4.79 Å². The lowest BCUT2D eigenvalue weighted by Gasteiger charge is -2.37. The summed E-state index contributed by atoms with van der Waals surface area (Å²) in [5.41, 5.74) is 0.516. The van der Waals surface area contributed by atoms with Gasteiger partial charge in [-0.25, -0.2) is 0 Å². The minimum Gasteiger partial charge on any atom is -0.333 e. The number of hydrogen-bond donors (Lipinski definition) is 1. The van der Waals surface area contributed by atoms with Crippen molar-refractivity contribution >= 4 is 41.5 Å². The lowest BCUT2D eigenvalue weighted by molar-refractivity contribution is 0.0616. The Kier molecular flexibility index (Phi) is 5.93. The second-order valence-corrected chi connectivity index (χ2v) is 5.58. The predicted molar refractivity (Wildman–Crippen MR) is 81.7 cm³/mol. The molecule has 19 heavy (non-hydrogen) atoms. The lowest BCUT2D eigenvalue weighted by Crippen LogP contribution is -2.56. The Balaban J connectivity index is 0.00000180. The van der Waals surface area contributed by atoms with Gasteiger partial charge in [0.1, 0.15) is 0 Å². The highest BCUT2D eigenvalue weighted by Gasteiger charge is 2.28. The summed E-state index contributed by atoms with van der Waals surface area (Å²) in [6.07, 6.45) is 0. The first-order valence-corrected chi connectivity index (χ1v) is 6.74. The maximum atomic E-state index is 12.5. The maximum absolute atomic E-state index is 12.5. The van der Waals surface area contributed by atoms with E-state index in [1.54, 1.807) is 18.2 Å². The highest BCUT2D eigenvalue weighted by Crippen LogP contribution is 2.23. The van der Waals surface area contributed by atoms with Crippen LogP contribution in [0.25, 0.3) is 0 Å². The summed E-state index contributed by atoms with van der Waals surface area (Å²) in [7, 11) is 0. The van der Waals surface area contributed by atoms with Crippen molar-refractivity contribution in [2.75, 3.05) is 13.1 Å². The Labute approximate surface area is 129 Å². The molecular formula is C13H17Cl3N2O. The van der Waals surface area contributed by atoms with Crippen LogP contribution < -0.4 is 5.32 Å². The monoisotopic (exact) mass is 322 g/mol. The molecule has 2 atom stereocenters. The van der Waals surface area contributed by atoms with E-state index in [1.165, 1.54) is 0 Å². The molecule has 2 rings (SSSR count). The third-order valence-electron chi connectivity index (χ3n) is 3.19. The fourth-order valence-electron chi connectivity index (χ4n) is 2.12. The van der Waals surface area contributed by atoms with E-state index in [0.717, 1.165) is 6.54 Å². The molecule has 1 N–H and O–H groups in total. The number of benzene rings is 1. The zero-order valence-electron chi connectivity index (χ0n) is 10.8. The third kappa shape index (κ3) is 3.76. The van der Waals surface area contributed by atoms with E-state index >= 15 is 0 Å². The number of amides is 1. The molecular weight excluding hydrogens is 307 g/mol. The summed E-state index contributed by atoms with van der Waals surface area (Å²) in [5, 5.41) is 4.29. The number of carbonyl (C=O) groups excluding carboxylic acids is 1. The fourth-order valence-corrected chi connectivity index (χ4v) is 2.61. The summed E-state index contributed by atoms with van der Waals surface area (Å²) >= 11 is 11.9. The Bertz CT molecular complexity index is 467. The van der Waals surface area contributed by atoms with Gasteiger partial charge >= 0.3 is 0 Å². The van der Waals surface area contributed by atoms with Gasteiger partial charge in [-0.1, -0.05) is 23.2 Å². The predicted octanol–water partition coefficient (Wildman–Crippen LogP) is 3.24. The van der Waals surface area contributed by atoms with Gasteiger partial charge in [-0.15, -0.1) is 12.4 Å². The molecule has 0 aromatic heterocycles. The molecule has 1 aromatic carbocycles. The molecule has 3 nitrogen and oxygen atoms in total. The van der Waals surface area contributed by atoms with E-state index < -0.39 is 0 Å². The Morgan fingerprint density at radius 3 is 2.68 bits per heavy atom. The van der Waals surface area contributed by atoms with Gasteiger partial charge in [-0.05, 0) is 32.0 Å². The third-order valence-corrected chi connectivity index (χ3v) is 3.73. The first-order valence-electron chi connectivity index (χ1n) is 5.98. The smallest absolute Gasteiger partial charge is 0.255 e. The van der Waals surface area contributed by atoms with Crippen LogP contribution >= 0.6 is 35.6 Å². The molecule has 0 aliphatic carbocycles. The van der Waals surface area contributed by atoms with Crippen LogP contribution in [0.15, 0.2) is 18.2 Å². The number of nitrogens with one attached hydrogen (secondary N) is 1. The number of carbonyl (C=O) groups is 1. The Morgan fingerprint density at radius 1 is 1.37 bits per heavy atom. The Hall–Kier alpha value is -0.480. The van der Waals surface area contributed by atoms with Gasteiger partial charge < -0.3 is 10.2 Å². The number of piperazine rings is 1. The van der Waals surface area contributed by atoms with Crippen molar-refractivity contribution in [2.24, 2.45) is 0 Å². The molecule has 1 heterocycles. The van der Waals surface area contributed by atoms with Crippen LogP contribution in [-0.2, 0) is 0 Å². The topological polar surface area (TPSA) is 32.3 Å². The molecule has 6 heteroatoms. The minimum atomic E-state index is -0.0301. The van der Waals surface area contributed by atoms with Gasteiger partial charge in [0.15, 0.2) is 0 Å². The van der Waals surface area contributed by atoms with Gasteiger partial charge in [-0.3, -0.25) is 4.79 Å². The van der Waals surface area contributed by atoms with Gasteiger partial charge in [-0.2, -0.15) is 0 Å². The zero-order valence-corrected chi connectivity index (χ0v) is 13.1. The van der Waals surface area contributed by atoms with E-state index in [-0.39, 0.29) is 24.4 Å². The maximum Gasteiger partial charge on any atom is 0.255 e. The van der Waals surface area contributed by atoms with Crippen LogP contribution in [-0.4, -0.2) is 36.0 Å². The van der Waals surface area contributed by atoms with Crippen LogP contribution in [0.2, 0.25) is 10.0 Å². The van der Waals surface area contributed by atoms with Gasteiger partial charge in [0.05, 0.1) is 10.6 Å². The molecule has 0 bridgehead atoms. The summed E-state index contributed by atoms with van der Waals surface area (Å²) in [6.45, 7) is 5.59. The Morgan fingerprint density at radius 2 is 2.05 bits per heavy atom. The zero-order chi connectivity index (χ0) is 13.3. The van der Waals surface area contributed by atoms with Crippen molar-refractivity contribution in [1.29, 1.82) is 0 Å². The molecule has 106 valence electrons.